The summed E-state index contributed by atoms with van der Waals surface area (Å²) in [5.74, 6) is 0.757. The molecule has 152 valence electrons. The number of rotatable bonds is 4. The Balaban J connectivity index is 1.65. The minimum atomic E-state index is 0.0556. The Labute approximate surface area is 199 Å². The van der Waals surface area contributed by atoms with Crippen molar-refractivity contribution < 1.29 is 0 Å². The molecule has 4 aromatic rings. The summed E-state index contributed by atoms with van der Waals surface area (Å²) in [6.07, 6.45) is 4.40. The smallest absolute Gasteiger partial charge is 0.267 e. The highest BCUT2D eigenvalue weighted by atomic mass is 79.9. The summed E-state index contributed by atoms with van der Waals surface area (Å²) in [6, 6.07) is 16.2. The third-order valence-electron chi connectivity index (χ3n) is 5.32. The lowest BCUT2D eigenvalue weighted by Crippen LogP contribution is -2.22. The molecule has 5 rings (SSSR count). The number of nitrogens with zero attached hydrogens (tertiary/aromatic N) is 2. The van der Waals surface area contributed by atoms with Crippen molar-refractivity contribution in [3.8, 4) is 5.69 Å². The monoisotopic (exact) mass is 560 g/mol. The predicted molar refractivity (Wildman–Crippen MR) is 133 cm³/mol. The van der Waals surface area contributed by atoms with Gasteiger partial charge in [0.15, 0.2) is 5.16 Å². The average molecular weight is 562 g/mol. The molecule has 3 nitrogen and oxygen atoms in total. The summed E-state index contributed by atoms with van der Waals surface area (Å²) >= 11 is 10.3. The first kappa shape index (κ1) is 20.5. The second-order valence-electron chi connectivity index (χ2n) is 7.32. The van der Waals surface area contributed by atoms with E-state index in [1.54, 1.807) is 27.7 Å². The van der Waals surface area contributed by atoms with Gasteiger partial charge in [-0.1, -0.05) is 55.8 Å². The van der Waals surface area contributed by atoms with Crippen molar-refractivity contribution in [3.63, 3.8) is 0 Å². The van der Waals surface area contributed by atoms with Crippen molar-refractivity contribution in [2.24, 2.45) is 0 Å². The molecule has 0 bridgehead atoms. The zero-order valence-corrected chi connectivity index (χ0v) is 20.8. The number of thiophene rings is 1. The Kier molecular flexibility index (Phi) is 5.88. The lowest BCUT2D eigenvalue weighted by Gasteiger charge is -2.14. The van der Waals surface area contributed by atoms with Gasteiger partial charge in [-0.2, -0.15) is 0 Å². The predicted octanol–water partition coefficient (Wildman–Crippen LogP) is 7.14. The Hall–Kier alpha value is -1.41. The number of aryl methyl sites for hydroxylation is 2. The molecule has 0 N–H and O–H groups in total. The van der Waals surface area contributed by atoms with Crippen LogP contribution in [0.3, 0.4) is 0 Å². The lowest BCUT2D eigenvalue weighted by molar-refractivity contribution is 0.699. The van der Waals surface area contributed by atoms with E-state index in [1.165, 1.54) is 22.4 Å². The molecule has 1 aliphatic rings. The Morgan fingerprint density at radius 3 is 2.37 bits per heavy atom. The molecule has 0 atom stereocenters. The average Bonchev–Trinajstić information content (AvgIpc) is 3.13. The molecule has 1 aliphatic carbocycles. The molecule has 0 radical (unpaired) electrons. The van der Waals surface area contributed by atoms with Gasteiger partial charge >= 0.3 is 0 Å². The van der Waals surface area contributed by atoms with Crippen LogP contribution in [0.25, 0.3) is 15.9 Å². The molecular formula is C23H18Br2N2OS2. The highest BCUT2D eigenvalue weighted by molar-refractivity contribution is 9.10. The highest BCUT2D eigenvalue weighted by Crippen LogP contribution is 2.35. The van der Waals surface area contributed by atoms with Crippen LogP contribution in [0.5, 0.6) is 0 Å². The Morgan fingerprint density at radius 2 is 1.63 bits per heavy atom. The molecule has 0 spiro atoms. The van der Waals surface area contributed by atoms with Gasteiger partial charge in [0.2, 0.25) is 0 Å². The summed E-state index contributed by atoms with van der Waals surface area (Å²) in [7, 11) is 0. The van der Waals surface area contributed by atoms with Gasteiger partial charge in [0.1, 0.15) is 4.83 Å². The zero-order chi connectivity index (χ0) is 20.7. The standard InChI is InChI=1S/C23H18Br2N2OS2/c24-15-7-5-14(6-8-15)13-29-23-26-21-20(18-3-1-2-4-19(18)30-21)22(28)27(23)17-11-9-16(25)10-12-17/h5-12H,1-4,13H2. The van der Waals surface area contributed by atoms with Crippen LogP contribution in [0.4, 0.5) is 0 Å². The molecule has 2 aromatic heterocycles. The fourth-order valence-corrected chi connectivity index (χ4v) is 6.63. The summed E-state index contributed by atoms with van der Waals surface area (Å²) in [5.41, 5.74) is 3.34. The van der Waals surface area contributed by atoms with E-state index in [0.717, 1.165) is 55.0 Å². The van der Waals surface area contributed by atoms with Crippen LogP contribution in [0.1, 0.15) is 28.8 Å². The number of fused-ring (bicyclic) bond motifs is 3. The third kappa shape index (κ3) is 3.93. The second kappa shape index (κ2) is 8.61. The number of aromatic nitrogens is 2. The summed E-state index contributed by atoms with van der Waals surface area (Å²) in [4.78, 5) is 21.0. The van der Waals surface area contributed by atoms with Crippen LogP contribution in [0, 0.1) is 0 Å². The summed E-state index contributed by atoms with van der Waals surface area (Å²) in [6.45, 7) is 0. The van der Waals surface area contributed by atoms with Crippen LogP contribution in [0.15, 0.2) is 67.4 Å². The van der Waals surface area contributed by atoms with Crippen LogP contribution >= 0.6 is 55.0 Å². The molecule has 2 aromatic carbocycles. The topological polar surface area (TPSA) is 34.9 Å². The van der Waals surface area contributed by atoms with Crippen molar-refractivity contribution >= 4 is 65.2 Å². The van der Waals surface area contributed by atoms with E-state index in [9.17, 15) is 4.79 Å². The highest BCUT2D eigenvalue weighted by Gasteiger charge is 2.23. The van der Waals surface area contributed by atoms with Crippen LogP contribution < -0.4 is 5.56 Å². The van der Waals surface area contributed by atoms with E-state index in [0.29, 0.717) is 0 Å². The SMILES string of the molecule is O=c1c2c3c(sc2nc(SCc2ccc(Br)cc2)n1-c1ccc(Br)cc1)CCCC3. The van der Waals surface area contributed by atoms with Gasteiger partial charge in [0.25, 0.3) is 5.56 Å². The van der Waals surface area contributed by atoms with Gasteiger partial charge in [-0.3, -0.25) is 9.36 Å². The molecule has 0 amide bonds. The normalized spacial score (nSPS) is 13.5. The minimum Gasteiger partial charge on any atom is -0.268 e. The first-order valence-corrected chi connectivity index (χ1v) is 13.2. The van der Waals surface area contributed by atoms with Gasteiger partial charge in [0, 0.05) is 19.6 Å². The van der Waals surface area contributed by atoms with Crippen LogP contribution in [0.2, 0.25) is 0 Å². The Morgan fingerprint density at radius 1 is 0.967 bits per heavy atom. The van der Waals surface area contributed by atoms with E-state index in [1.807, 2.05) is 36.4 Å². The van der Waals surface area contributed by atoms with Gasteiger partial charge in [-0.25, -0.2) is 4.98 Å². The molecule has 30 heavy (non-hydrogen) atoms. The third-order valence-corrected chi connectivity index (χ3v) is 8.58. The molecule has 0 saturated carbocycles. The first-order valence-electron chi connectivity index (χ1n) is 9.80. The fourth-order valence-electron chi connectivity index (χ4n) is 3.83. The molecular weight excluding hydrogens is 544 g/mol. The van der Waals surface area contributed by atoms with Crippen molar-refractivity contribution in [1.82, 2.24) is 9.55 Å². The number of thioether (sulfide) groups is 1. The number of benzene rings is 2. The second-order valence-corrected chi connectivity index (χ2v) is 11.2. The summed E-state index contributed by atoms with van der Waals surface area (Å²) < 4.78 is 3.84. The van der Waals surface area contributed by atoms with Gasteiger partial charge < -0.3 is 0 Å². The van der Waals surface area contributed by atoms with Crippen molar-refractivity contribution in [2.45, 2.75) is 36.6 Å². The Bertz CT molecular complexity index is 1280. The number of hydrogen-bond acceptors (Lipinski definition) is 4. The molecule has 0 aliphatic heterocycles. The van der Waals surface area contributed by atoms with Gasteiger partial charge in [-0.15, -0.1) is 11.3 Å². The van der Waals surface area contributed by atoms with Crippen molar-refractivity contribution in [2.75, 3.05) is 0 Å². The summed E-state index contributed by atoms with van der Waals surface area (Å²) in [5, 5.41) is 1.57. The van der Waals surface area contributed by atoms with Crippen LogP contribution in [-0.4, -0.2) is 9.55 Å². The number of hydrogen-bond donors (Lipinski definition) is 0. The van der Waals surface area contributed by atoms with Crippen LogP contribution in [-0.2, 0) is 18.6 Å². The van der Waals surface area contributed by atoms with Crippen molar-refractivity contribution in [1.29, 1.82) is 0 Å². The van der Waals surface area contributed by atoms with E-state index < -0.39 is 0 Å². The lowest BCUT2D eigenvalue weighted by atomic mass is 9.97. The largest absolute Gasteiger partial charge is 0.268 e. The molecule has 2 heterocycles. The molecule has 0 saturated heterocycles. The fraction of sp³-hybridized carbons (Fsp3) is 0.217. The number of halogens is 2. The van der Waals surface area contributed by atoms with Crippen molar-refractivity contribution in [3.05, 3.63) is 83.8 Å². The van der Waals surface area contributed by atoms with E-state index in [4.69, 9.17) is 4.98 Å². The maximum Gasteiger partial charge on any atom is 0.267 e. The van der Waals surface area contributed by atoms with E-state index >= 15 is 0 Å². The quantitative estimate of drug-likeness (QED) is 0.196. The molecule has 0 unspecified atom stereocenters. The maximum atomic E-state index is 13.7. The van der Waals surface area contributed by atoms with E-state index in [-0.39, 0.29) is 5.56 Å². The van der Waals surface area contributed by atoms with Gasteiger partial charge in [-0.05, 0) is 73.2 Å². The molecule has 7 heteroatoms. The molecule has 0 fully saturated rings. The van der Waals surface area contributed by atoms with E-state index in [2.05, 4.69) is 44.0 Å². The first-order chi connectivity index (χ1) is 14.6. The van der Waals surface area contributed by atoms with Gasteiger partial charge in [0.05, 0.1) is 11.1 Å². The minimum absolute atomic E-state index is 0.0556. The zero-order valence-electron chi connectivity index (χ0n) is 16.0. The maximum absolute atomic E-state index is 13.7.